The van der Waals surface area contributed by atoms with Gasteiger partial charge in [-0.15, -0.1) is 0 Å². The van der Waals surface area contributed by atoms with Crippen molar-refractivity contribution < 1.29 is 19.5 Å². The summed E-state index contributed by atoms with van der Waals surface area (Å²) in [6, 6.07) is -2.03. The Hall–Kier alpha value is -1.51. The van der Waals surface area contributed by atoms with Crippen LogP contribution < -0.4 is 22.1 Å². The van der Waals surface area contributed by atoms with E-state index in [1.807, 2.05) is 0 Å². The Morgan fingerprint density at radius 1 is 0.889 bits per heavy atom. The first-order chi connectivity index (χ1) is 12.5. The van der Waals surface area contributed by atoms with E-state index in [1.165, 1.54) is 6.92 Å². The summed E-state index contributed by atoms with van der Waals surface area (Å²) in [6.07, 6.45) is 1.33. The molecule has 0 bridgehead atoms. The summed E-state index contributed by atoms with van der Waals surface area (Å²) in [5, 5.41) is 15.0. The van der Waals surface area contributed by atoms with Crippen molar-refractivity contribution in [1.29, 1.82) is 0 Å². The maximum absolute atomic E-state index is 12.5. The molecule has 27 heavy (non-hydrogen) atoms. The number of ketones is 1. The van der Waals surface area contributed by atoms with Crippen LogP contribution in [0.15, 0.2) is 0 Å². The van der Waals surface area contributed by atoms with Gasteiger partial charge in [0.05, 0.1) is 18.1 Å². The minimum Gasteiger partial charge on any atom is -0.391 e. The minimum atomic E-state index is -1.18. The summed E-state index contributed by atoms with van der Waals surface area (Å²) in [4.78, 5) is 37.1. The molecule has 0 heterocycles. The molecule has 158 valence electrons. The molecule has 0 aliphatic heterocycles. The van der Waals surface area contributed by atoms with Crippen LogP contribution in [0.3, 0.4) is 0 Å². The third-order valence-corrected chi connectivity index (χ3v) is 4.52. The third kappa shape index (κ3) is 9.30. The summed E-state index contributed by atoms with van der Waals surface area (Å²) in [7, 11) is 0. The van der Waals surface area contributed by atoms with Gasteiger partial charge in [-0.05, 0) is 19.3 Å². The SMILES string of the molecule is CC(C)CCCC(CN)C(=O)N[C@H](C(=O)N[C@@H](CN)C(=O)C(C)C)[C@H](C)O. The summed E-state index contributed by atoms with van der Waals surface area (Å²) in [5.41, 5.74) is 11.3. The zero-order chi connectivity index (χ0) is 21.1. The number of hydrogen-bond donors (Lipinski definition) is 5. The lowest BCUT2D eigenvalue weighted by Crippen LogP contribution is -2.58. The number of aliphatic hydroxyl groups excluding tert-OH is 1. The number of aliphatic hydroxyl groups is 1. The summed E-state index contributed by atoms with van der Waals surface area (Å²) in [5.74, 6) is -1.40. The fraction of sp³-hybridized carbons (Fsp3) is 0.842. The van der Waals surface area contributed by atoms with Crippen molar-refractivity contribution in [1.82, 2.24) is 10.6 Å². The molecule has 0 aromatic heterocycles. The fourth-order valence-corrected chi connectivity index (χ4v) is 2.71. The lowest BCUT2D eigenvalue weighted by molar-refractivity contribution is -0.135. The number of hydrogen-bond acceptors (Lipinski definition) is 6. The van der Waals surface area contributed by atoms with Gasteiger partial charge in [0.15, 0.2) is 5.78 Å². The van der Waals surface area contributed by atoms with Crippen molar-refractivity contribution in [3.63, 3.8) is 0 Å². The number of rotatable bonds is 13. The van der Waals surface area contributed by atoms with E-state index in [1.54, 1.807) is 13.8 Å². The van der Waals surface area contributed by atoms with Crippen LogP contribution in [0.25, 0.3) is 0 Å². The second-order valence-corrected chi connectivity index (χ2v) is 7.84. The summed E-state index contributed by atoms with van der Waals surface area (Å²) >= 11 is 0. The molecule has 0 radical (unpaired) electrons. The predicted molar refractivity (Wildman–Crippen MR) is 106 cm³/mol. The van der Waals surface area contributed by atoms with E-state index in [4.69, 9.17) is 11.5 Å². The molecular weight excluding hydrogens is 348 g/mol. The van der Waals surface area contributed by atoms with Gasteiger partial charge < -0.3 is 27.2 Å². The maximum atomic E-state index is 12.5. The molecule has 0 saturated carbocycles. The van der Waals surface area contributed by atoms with Gasteiger partial charge in [0.25, 0.3) is 0 Å². The van der Waals surface area contributed by atoms with E-state index >= 15 is 0 Å². The number of carbonyl (C=O) groups excluding carboxylic acids is 3. The van der Waals surface area contributed by atoms with E-state index in [2.05, 4.69) is 24.5 Å². The maximum Gasteiger partial charge on any atom is 0.245 e. The van der Waals surface area contributed by atoms with E-state index in [0.29, 0.717) is 12.3 Å². The number of carbonyl (C=O) groups is 3. The zero-order valence-corrected chi connectivity index (χ0v) is 17.3. The van der Waals surface area contributed by atoms with Gasteiger partial charge in [-0.3, -0.25) is 14.4 Å². The van der Waals surface area contributed by atoms with Crippen LogP contribution in [0.4, 0.5) is 0 Å². The molecule has 0 spiro atoms. The number of nitrogens with two attached hydrogens (primary N) is 2. The number of amides is 2. The number of nitrogens with one attached hydrogen (secondary N) is 2. The van der Waals surface area contributed by atoms with Crippen LogP contribution in [0, 0.1) is 17.8 Å². The van der Waals surface area contributed by atoms with Gasteiger partial charge in [0.2, 0.25) is 11.8 Å². The standard InChI is InChI=1S/C19H38N4O4/c1-11(2)7-6-8-14(9-20)18(26)23-16(13(5)24)19(27)22-15(10-21)17(25)12(3)4/h11-16,24H,6-10,20-21H2,1-5H3,(H,22,27)(H,23,26)/t13-,14?,15-,16-/m0/s1. The van der Waals surface area contributed by atoms with Gasteiger partial charge in [-0.2, -0.15) is 0 Å². The van der Waals surface area contributed by atoms with Crippen molar-refractivity contribution in [3.8, 4) is 0 Å². The smallest absolute Gasteiger partial charge is 0.245 e. The lowest BCUT2D eigenvalue weighted by atomic mass is 9.97. The van der Waals surface area contributed by atoms with E-state index in [9.17, 15) is 19.5 Å². The second kappa shape index (κ2) is 12.8. The zero-order valence-electron chi connectivity index (χ0n) is 17.3. The van der Waals surface area contributed by atoms with E-state index in [-0.39, 0.29) is 30.7 Å². The lowest BCUT2D eigenvalue weighted by Gasteiger charge is -2.26. The molecule has 7 N–H and O–H groups in total. The van der Waals surface area contributed by atoms with Gasteiger partial charge >= 0.3 is 0 Å². The Balaban J connectivity index is 4.97. The van der Waals surface area contributed by atoms with Crippen molar-refractivity contribution in [2.24, 2.45) is 29.2 Å². The molecule has 0 aromatic carbocycles. The normalized spacial score (nSPS) is 15.9. The van der Waals surface area contributed by atoms with Crippen LogP contribution >= 0.6 is 0 Å². The van der Waals surface area contributed by atoms with Gasteiger partial charge in [-0.1, -0.05) is 40.5 Å². The van der Waals surface area contributed by atoms with Crippen molar-refractivity contribution in [2.45, 2.75) is 72.1 Å². The minimum absolute atomic E-state index is 0.0517. The molecule has 1 unspecified atom stereocenters. The highest BCUT2D eigenvalue weighted by Gasteiger charge is 2.31. The summed E-state index contributed by atoms with van der Waals surface area (Å²) in [6.45, 7) is 9.17. The monoisotopic (exact) mass is 386 g/mol. The van der Waals surface area contributed by atoms with Gasteiger partial charge in [0.1, 0.15) is 6.04 Å². The van der Waals surface area contributed by atoms with Crippen LogP contribution in [-0.4, -0.2) is 54.0 Å². The first-order valence-corrected chi connectivity index (χ1v) is 9.77. The molecular formula is C19H38N4O4. The van der Waals surface area contributed by atoms with Gasteiger partial charge in [0, 0.05) is 19.0 Å². The molecule has 2 amide bonds. The van der Waals surface area contributed by atoms with Crippen LogP contribution in [0.5, 0.6) is 0 Å². The highest BCUT2D eigenvalue weighted by Crippen LogP contribution is 2.13. The molecule has 8 nitrogen and oxygen atoms in total. The second-order valence-electron chi connectivity index (χ2n) is 7.84. The van der Waals surface area contributed by atoms with Gasteiger partial charge in [-0.25, -0.2) is 0 Å². The Kier molecular flexibility index (Phi) is 12.1. The van der Waals surface area contributed by atoms with Crippen molar-refractivity contribution in [3.05, 3.63) is 0 Å². The summed E-state index contributed by atoms with van der Waals surface area (Å²) < 4.78 is 0. The molecule has 4 atom stereocenters. The quantitative estimate of drug-likeness (QED) is 0.299. The third-order valence-electron chi connectivity index (χ3n) is 4.52. The Morgan fingerprint density at radius 3 is 1.89 bits per heavy atom. The Labute approximate surface area is 162 Å². The highest BCUT2D eigenvalue weighted by atomic mass is 16.3. The van der Waals surface area contributed by atoms with Crippen molar-refractivity contribution >= 4 is 17.6 Å². The molecule has 0 aliphatic carbocycles. The van der Waals surface area contributed by atoms with Crippen LogP contribution in [0.1, 0.15) is 53.9 Å². The first kappa shape index (κ1) is 25.5. The molecule has 8 heteroatoms. The first-order valence-electron chi connectivity index (χ1n) is 9.77. The number of Topliss-reactive ketones (excluding diaryl/α,β-unsaturated/α-hetero) is 1. The van der Waals surface area contributed by atoms with Crippen LogP contribution in [-0.2, 0) is 14.4 Å². The molecule has 0 rings (SSSR count). The average Bonchev–Trinajstić information content (AvgIpc) is 2.59. The Bertz CT molecular complexity index is 480. The molecule has 0 saturated heterocycles. The van der Waals surface area contributed by atoms with E-state index in [0.717, 1.165) is 12.8 Å². The van der Waals surface area contributed by atoms with Crippen LogP contribution in [0.2, 0.25) is 0 Å². The highest BCUT2D eigenvalue weighted by molar-refractivity contribution is 5.94. The predicted octanol–water partition coefficient (Wildman–Crippen LogP) is -0.0782. The molecule has 0 aromatic rings. The fourth-order valence-electron chi connectivity index (χ4n) is 2.71. The molecule has 0 fully saturated rings. The Morgan fingerprint density at radius 2 is 1.48 bits per heavy atom. The van der Waals surface area contributed by atoms with E-state index < -0.39 is 30.0 Å². The largest absolute Gasteiger partial charge is 0.391 e. The average molecular weight is 387 g/mol. The topological polar surface area (TPSA) is 148 Å². The molecule has 0 aliphatic rings. The van der Waals surface area contributed by atoms with Crippen molar-refractivity contribution in [2.75, 3.05) is 13.1 Å².